The van der Waals surface area contributed by atoms with E-state index in [0.29, 0.717) is 12.1 Å². The highest BCUT2D eigenvalue weighted by atomic mass is 19.1. The van der Waals surface area contributed by atoms with E-state index in [1.807, 2.05) is 0 Å². The van der Waals surface area contributed by atoms with Gasteiger partial charge in [-0.25, -0.2) is 4.39 Å². The number of halogens is 1. The van der Waals surface area contributed by atoms with Gasteiger partial charge in [-0.05, 0) is 25.0 Å². The lowest BCUT2D eigenvalue weighted by atomic mass is 10.0. The molecule has 0 amide bonds. The van der Waals surface area contributed by atoms with Gasteiger partial charge in [0.15, 0.2) is 0 Å². The molecule has 0 aliphatic heterocycles. The molecule has 1 aliphatic rings. The van der Waals surface area contributed by atoms with Crippen molar-refractivity contribution >= 4 is 5.69 Å². The third-order valence-electron chi connectivity index (χ3n) is 3.54. The van der Waals surface area contributed by atoms with E-state index in [-0.39, 0.29) is 12.2 Å². The van der Waals surface area contributed by atoms with Crippen molar-refractivity contribution < 1.29 is 14.4 Å². The molecule has 5 nitrogen and oxygen atoms in total. The molecule has 1 aromatic carbocycles. The van der Waals surface area contributed by atoms with Crippen LogP contribution in [0.3, 0.4) is 0 Å². The lowest BCUT2D eigenvalue weighted by Crippen LogP contribution is -2.37. The molecule has 2 rings (SSSR count). The van der Waals surface area contributed by atoms with Gasteiger partial charge in [0.25, 0.3) is 5.69 Å². The monoisotopic (exact) mass is 268 g/mol. The number of nitrogens with zero attached hydrogens (tertiary/aromatic N) is 1. The Labute approximate surface area is 110 Å². The van der Waals surface area contributed by atoms with Crippen LogP contribution < -0.4 is 5.32 Å². The highest BCUT2D eigenvalue weighted by Crippen LogP contribution is 2.28. The minimum atomic E-state index is -0.720. The number of hydrogen-bond donors (Lipinski definition) is 2. The molecule has 2 N–H and O–H groups in total. The molecule has 6 heteroatoms. The van der Waals surface area contributed by atoms with Crippen molar-refractivity contribution in [2.45, 2.75) is 37.8 Å². The van der Waals surface area contributed by atoms with E-state index in [0.717, 1.165) is 43.9 Å². The predicted molar refractivity (Wildman–Crippen MR) is 68.2 cm³/mol. The van der Waals surface area contributed by atoms with Gasteiger partial charge in [0.2, 0.25) is 0 Å². The molecule has 1 aliphatic carbocycles. The second-order valence-corrected chi connectivity index (χ2v) is 5.07. The van der Waals surface area contributed by atoms with Crippen molar-refractivity contribution in [2.75, 3.05) is 6.54 Å². The first-order valence-electron chi connectivity index (χ1n) is 6.36. The third kappa shape index (κ3) is 3.48. The van der Waals surface area contributed by atoms with Crippen molar-refractivity contribution in [1.29, 1.82) is 0 Å². The maximum atomic E-state index is 13.1. The van der Waals surface area contributed by atoms with Crippen LogP contribution in [0.1, 0.15) is 31.2 Å². The smallest absolute Gasteiger partial charge is 0.274 e. The quantitative estimate of drug-likeness (QED) is 0.633. The third-order valence-corrected chi connectivity index (χ3v) is 3.54. The fourth-order valence-electron chi connectivity index (χ4n) is 2.51. The minimum absolute atomic E-state index is 0.104. The fraction of sp³-hybridized carbons (Fsp3) is 0.538. The summed E-state index contributed by atoms with van der Waals surface area (Å²) in [6.07, 6.45) is 3.48. The fourth-order valence-corrected chi connectivity index (χ4v) is 2.51. The van der Waals surface area contributed by atoms with Crippen LogP contribution in [0, 0.1) is 15.9 Å². The highest BCUT2D eigenvalue weighted by Gasteiger charge is 2.30. The Bertz CT molecular complexity index is 473. The van der Waals surface area contributed by atoms with Crippen molar-refractivity contribution in [2.24, 2.45) is 0 Å². The normalized spacial score (nSPS) is 17.6. The van der Waals surface area contributed by atoms with Gasteiger partial charge in [0, 0.05) is 24.7 Å². The number of hydrogen-bond acceptors (Lipinski definition) is 4. The highest BCUT2D eigenvalue weighted by molar-refractivity contribution is 5.40. The molecule has 1 saturated carbocycles. The summed E-state index contributed by atoms with van der Waals surface area (Å²) in [5.41, 5.74) is -0.527. The Morgan fingerprint density at radius 1 is 1.42 bits per heavy atom. The van der Waals surface area contributed by atoms with Crippen LogP contribution in [0.15, 0.2) is 18.2 Å². The number of benzene rings is 1. The zero-order chi connectivity index (χ0) is 13.9. The van der Waals surface area contributed by atoms with Gasteiger partial charge in [-0.1, -0.05) is 12.8 Å². The summed E-state index contributed by atoms with van der Waals surface area (Å²) in [5.74, 6) is -0.498. The van der Waals surface area contributed by atoms with Gasteiger partial charge in [0.05, 0.1) is 10.5 Å². The lowest BCUT2D eigenvalue weighted by molar-refractivity contribution is -0.385. The summed E-state index contributed by atoms with van der Waals surface area (Å²) in [6, 6.07) is 3.40. The van der Waals surface area contributed by atoms with Crippen molar-refractivity contribution in [1.82, 2.24) is 5.32 Å². The molecule has 0 spiro atoms. The molecule has 1 fully saturated rings. The average Bonchev–Trinajstić information content (AvgIpc) is 2.76. The molecular weight excluding hydrogens is 251 g/mol. The molecule has 0 unspecified atom stereocenters. The number of nitro groups is 1. The van der Waals surface area contributed by atoms with Crippen molar-refractivity contribution in [3.8, 4) is 0 Å². The van der Waals surface area contributed by atoms with Crippen LogP contribution >= 0.6 is 0 Å². The first-order chi connectivity index (χ1) is 9.00. The van der Waals surface area contributed by atoms with Gasteiger partial charge in [-0.2, -0.15) is 0 Å². The summed E-state index contributed by atoms with van der Waals surface area (Å²) in [5, 5.41) is 23.9. The number of nitro benzene ring substituents is 1. The standard InChI is InChI=1S/C13H17FN2O3/c14-11-3-4-12(16(18)19)10(7-11)8-15-9-13(17)5-1-2-6-13/h3-4,7,15,17H,1-2,5-6,8-9H2. The molecule has 0 saturated heterocycles. The summed E-state index contributed by atoms with van der Waals surface area (Å²) in [4.78, 5) is 10.3. The maximum absolute atomic E-state index is 13.1. The molecule has 1 aromatic rings. The summed E-state index contributed by atoms with van der Waals surface area (Å²) < 4.78 is 13.1. The Morgan fingerprint density at radius 2 is 2.11 bits per heavy atom. The van der Waals surface area contributed by atoms with Crippen LogP contribution in [0.25, 0.3) is 0 Å². The van der Waals surface area contributed by atoms with Crippen LogP contribution in [0.2, 0.25) is 0 Å². The molecule has 19 heavy (non-hydrogen) atoms. The molecule has 0 heterocycles. The van der Waals surface area contributed by atoms with Gasteiger partial charge in [-0.3, -0.25) is 10.1 Å². The van der Waals surface area contributed by atoms with Crippen LogP contribution in [0.4, 0.5) is 10.1 Å². The Balaban J connectivity index is 1.98. The summed E-state index contributed by atoms with van der Waals surface area (Å²) in [6.45, 7) is 0.553. The predicted octanol–water partition coefficient (Wildman–Crippen LogP) is 2.13. The second-order valence-electron chi connectivity index (χ2n) is 5.07. The molecular formula is C13H17FN2O3. The molecule has 0 radical (unpaired) electrons. The van der Waals surface area contributed by atoms with Gasteiger partial charge < -0.3 is 10.4 Å². The maximum Gasteiger partial charge on any atom is 0.274 e. The number of aliphatic hydroxyl groups is 1. The van der Waals surface area contributed by atoms with Crippen LogP contribution in [0.5, 0.6) is 0 Å². The topological polar surface area (TPSA) is 75.4 Å². The number of nitrogens with one attached hydrogen (secondary N) is 1. The number of rotatable bonds is 5. The lowest BCUT2D eigenvalue weighted by Gasteiger charge is -2.22. The minimum Gasteiger partial charge on any atom is -0.389 e. The SMILES string of the molecule is O=[N+]([O-])c1ccc(F)cc1CNCC1(O)CCCC1. The molecule has 0 bridgehead atoms. The van der Waals surface area contributed by atoms with Gasteiger partial charge >= 0.3 is 0 Å². The zero-order valence-corrected chi connectivity index (χ0v) is 10.6. The van der Waals surface area contributed by atoms with E-state index in [1.54, 1.807) is 0 Å². The molecule has 104 valence electrons. The van der Waals surface area contributed by atoms with E-state index in [9.17, 15) is 19.6 Å². The van der Waals surface area contributed by atoms with E-state index in [4.69, 9.17) is 0 Å². The largest absolute Gasteiger partial charge is 0.389 e. The van der Waals surface area contributed by atoms with E-state index < -0.39 is 16.3 Å². The van der Waals surface area contributed by atoms with E-state index in [1.165, 1.54) is 0 Å². The Morgan fingerprint density at radius 3 is 2.74 bits per heavy atom. The first kappa shape index (κ1) is 13.9. The zero-order valence-electron chi connectivity index (χ0n) is 10.6. The summed E-state index contributed by atoms with van der Waals surface area (Å²) in [7, 11) is 0. The van der Waals surface area contributed by atoms with E-state index in [2.05, 4.69) is 5.32 Å². The molecule has 0 atom stereocenters. The Hall–Kier alpha value is -1.53. The van der Waals surface area contributed by atoms with Crippen LogP contribution in [-0.4, -0.2) is 22.2 Å². The van der Waals surface area contributed by atoms with Crippen molar-refractivity contribution in [3.63, 3.8) is 0 Å². The average molecular weight is 268 g/mol. The second kappa shape index (κ2) is 5.63. The van der Waals surface area contributed by atoms with Gasteiger partial charge in [0.1, 0.15) is 5.82 Å². The first-order valence-corrected chi connectivity index (χ1v) is 6.36. The Kier molecular flexibility index (Phi) is 4.11. The van der Waals surface area contributed by atoms with Gasteiger partial charge in [-0.15, -0.1) is 0 Å². The van der Waals surface area contributed by atoms with Crippen molar-refractivity contribution in [3.05, 3.63) is 39.7 Å². The van der Waals surface area contributed by atoms with Crippen LogP contribution in [-0.2, 0) is 6.54 Å². The summed E-state index contributed by atoms with van der Waals surface area (Å²) >= 11 is 0. The molecule has 0 aromatic heterocycles. The van der Waals surface area contributed by atoms with E-state index >= 15 is 0 Å².